The molecule has 1 aliphatic carbocycles. The topological polar surface area (TPSA) is 71.1 Å². The molecule has 132 valence electrons. The number of nitrogens with zero attached hydrogens (tertiary/aromatic N) is 1. The highest BCUT2D eigenvalue weighted by Gasteiger charge is 2.51. The second-order valence-corrected chi connectivity index (χ2v) is 7.82. The summed E-state index contributed by atoms with van der Waals surface area (Å²) in [5.41, 5.74) is 3.34. The van der Waals surface area contributed by atoms with Crippen molar-refractivity contribution in [1.29, 1.82) is 0 Å². The summed E-state index contributed by atoms with van der Waals surface area (Å²) in [6, 6.07) is 13.7. The largest absolute Gasteiger partial charge is 0.326 e. The number of nitrogens with one attached hydrogen (secondary N) is 2. The zero-order chi connectivity index (χ0) is 18.3. The Morgan fingerprint density at radius 1 is 1.12 bits per heavy atom. The van der Waals surface area contributed by atoms with E-state index in [0.29, 0.717) is 5.13 Å². The average molecular weight is 365 g/mol. The van der Waals surface area contributed by atoms with E-state index in [1.54, 1.807) is 0 Å². The summed E-state index contributed by atoms with van der Waals surface area (Å²) in [5.74, 6) is -0.111. The lowest BCUT2D eigenvalue weighted by Gasteiger charge is -2.15. The van der Waals surface area contributed by atoms with Gasteiger partial charge >= 0.3 is 0 Å². The maximum atomic E-state index is 12.9. The van der Waals surface area contributed by atoms with Gasteiger partial charge in [0.05, 0.1) is 15.6 Å². The zero-order valence-electron chi connectivity index (χ0n) is 14.6. The SMILES string of the molecule is CC(=O)Nc1ccc2nc(NC(=O)C3(c4cccc(C)c4)CC3)sc2c1. The smallest absolute Gasteiger partial charge is 0.236 e. The minimum absolute atomic E-state index is 0.00393. The molecule has 1 heterocycles. The molecule has 2 N–H and O–H groups in total. The van der Waals surface area contributed by atoms with Gasteiger partial charge in [-0.15, -0.1) is 0 Å². The first-order valence-corrected chi connectivity index (χ1v) is 9.35. The summed E-state index contributed by atoms with van der Waals surface area (Å²) in [7, 11) is 0. The lowest BCUT2D eigenvalue weighted by atomic mass is 9.94. The van der Waals surface area contributed by atoms with Crippen LogP contribution in [0.2, 0.25) is 0 Å². The highest BCUT2D eigenvalue weighted by atomic mass is 32.1. The molecule has 0 atom stereocenters. The lowest BCUT2D eigenvalue weighted by molar-refractivity contribution is -0.118. The second kappa shape index (κ2) is 6.21. The van der Waals surface area contributed by atoms with E-state index in [-0.39, 0.29) is 11.8 Å². The van der Waals surface area contributed by atoms with Crippen LogP contribution < -0.4 is 10.6 Å². The summed E-state index contributed by atoms with van der Waals surface area (Å²) in [6.07, 6.45) is 1.72. The van der Waals surface area contributed by atoms with Crippen molar-refractivity contribution < 1.29 is 9.59 Å². The van der Waals surface area contributed by atoms with Gasteiger partial charge in [0.15, 0.2) is 5.13 Å². The van der Waals surface area contributed by atoms with Gasteiger partial charge < -0.3 is 10.6 Å². The number of anilines is 2. The maximum absolute atomic E-state index is 12.9. The number of rotatable bonds is 4. The standard InChI is InChI=1S/C20H19N3O2S/c1-12-4-3-5-14(10-12)20(8-9-20)18(25)23-19-22-16-7-6-15(21-13(2)24)11-17(16)26-19/h3-7,10-11H,8-9H2,1-2H3,(H,21,24)(H,22,23,25). The van der Waals surface area contributed by atoms with E-state index < -0.39 is 5.41 Å². The minimum Gasteiger partial charge on any atom is -0.326 e. The molecule has 0 aliphatic heterocycles. The molecule has 1 fully saturated rings. The molecule has 4 rings (SSSR count). The van der Waals surface area contributed by atoms with Gasteiger partial charge in [-0.25, -0.2) is 4.98 Å². The van der Waals surface area contributed by atoms with Gasteiger partial charge in [0.25, 0.3) is 0 Å². The quantitative estimate of drug-likeness (QED) is 0.727. The van der Waals surface area contributed by atoms with Crippen LogP contribution in [0.4, 0.5) is 10.8 Å². The van der Waals surface area contributed by atoms with Crippen molar-refractivity contribution in [3.63, 3.8) is 0 Å². The summed E-state index contributed by atoms with van der Waals surface area (Å²) in [6.45, 7) is 3.51. The van der Waals surface area contributed by atoms with Crippen LogP contribution in [0.5, 0.6) is 0 Å². The molecular weight excluding hydrogens is 346 g/mol. The zero-order valence-corrected chi connectivity index (χ0v) is 15.4. The fourth-order valence-corrected chi connectivity index (χ4v) is 4.09. The molecule has 1 saturated carbocycles. The van der Waals surface area contributed by atoms with Gasteiger partial charge in [-0.3, -0.25) is 9.59 Å². The molecule has 0 unspecified atom stereocenters. The summed E-state index contributed by atoms with van der Waals surface area (Å²) >= 11 is 1.41. The number of aryl methyl sites for hydroxylation is 1. The van der Waals surface area contributed by atoms with E-state index in [2.05, 4.69) is 21.7 Å². The predicted molar refractivity (Wildman–Crippen MR) is 105 cm³/mol. The molecule has 5 nitrogen and oxygen atoms in total. The minimum atomic E-state index is -0.425. The van der Waals surface area contributed by atoms with Crippen molar-refractivity contribution >= 4 is 44.2 Å². The normalized spacial score (nSPS) is 14.8. The van der Waals surface area contributed by atoms with Crippen LogP contribution in [0.25, 0.3) is 10.2 Å². The van der Waals surface area contributed by atoms with E-state index in [1.807, 2.05) is 43.3 Å². The Balaban J connectivity index is 1.57. The highest BCUT2D eigenvalue weighted by Crippen LogP contribution is 2.49. The molecule has 0 radical (unpaired) electrons. The third-order valence-corrected chi connectivity index (χ3v) is 5.62. The number of hydrogen-bond donors (Lipinski definition) is 2. The van der Waals surface area contributed by atoms with Gasteiger partial charge in [-0.2, -0.15) is 0 Å². The van der Waals surface area contributed by atoms with E-state index in [4.69, 9.17) is 0 Å². The number of thiazole rings is 1. The molecule has 2 amide bonds. The Hall–Kier alpha value is -2.73. The number of benzene rings is 2. The van der Waals surface area contributed by atoms with E-state index in [9.17, 15) is 9.59 Å². The van der Waals surface area contributed by atoms with E-state index >= 15 is 0 Å². The molecule has 26 heavy (non-hydrogen) atoms. The van der Waals surface area contributed by atoms with Gasteiger partial charge in [-0.1, -0.05) is 41.2 Å². The third kappa shape index (κ3) is 3.08. The molecule has 0 saturated heterocycles. The molecule has 0 spiro atoms. The number of carbonyl (C=O) groups is 2. The van der Waals surface area contributed by atoms with Crippen LogP contribution in [0.15, 0.2) is 42.5 Å². The van der Waals surface area contributed by atoms with Crippen molar-refractivity contribution in [3.05, 3.63) is 53.6 Å². The van der Waals surface area contributed by atoms with Crippen LogP contribution in [0, 0.1) is 6.92 Å². The van der Waals surface area contributed by atoms with Crippen LogP contribution in [-0.2, 0) is 15.0 Å². The fraction of sp³-hybridized carbons (Fsp3) is 0.250. The summed E-state index contributed by atoms with van der Waals surface area (Å²) in [5, 5.41) is 6.34. The number of fused-ring (bicyclic) bond motifs is 1. The van der Waals surface area contributed by atoms with Crippen molar-refractivity contribution in [1.82, 2.24) is 4.98 Å². The maximum Gasteiger partial charge on any atom is 0.236 e. The first-order valence-electron chi connectivity index (χ1n) is 8.53. The summed E-state index contributed by atoms with van der Waals surface area (Å²) < 4.78 is 0.923. The lowest BCUT2D eigenvalue weighted by Crippen LogP contribution is -2.27. The van der Waals surface area contributed by atoms with Crippen LogP contribution >= 0.6 is 11.3 Å². The Morgan fingerprint density at radius 3 is 2.62 bits per heavy atom. The third-order valence-electron chi connectivity index (χ3n) is 4.68. The fourth-order valence-electron chi connectivity index (χ4n) is 3.19. The first kappa shape index (κ1) is 16.7. The second-order valence-electron chi connectivity index (χ2n) is 6.79. The number of aromatic nitrogens is 1. The van der Waals surface area contributed by atoms with Gasteiger partial charge in [0.1, 0.15) is 0 Å². The summed E-state index contributed by atoms with van der Waals surface area (Å²) in [4.78, 5) is 28.6. The van der Waals surface area contributed by atoms with Crippen LogP contribution in [-0.4, -0.2) is 16.8 Å². The molecule has 6 heteroatoms. The van der Waals surface area contributed by atoms with Crippen molar-refractivity contribution in [2.45, 2.75) is 32.1 Å². The molecule has 0 bridgehead atoms. The number of hydrogen-bond acceptors (Lipinski definition) is 4. The van der Waals surface area contributed by atoms with Gasteiger partial charge in [0, 0.05) is 12.6 Å². The molecular formula is C20H19N3O2S. The van der Waals surface area contributed by atoms with Crippen molar-refractivity contribution in [2.75, 3.05) is 10.6 Å². The monoisotopic (exact) mass is 365 g/mol. The van der Waals surface area contributed by atoms with Crippen molar-refractivity contribution in [2.24, 2.45) is 0 Å². The van der Waals surface area contributed by atoms with Crippen molar-refractivity contribution in [3.8, 4) is 0 Å². The Labute approximate surface area is 155 Å². The first-order chi connectivity index (χ1) is 12.5. The predicted octanol–water partition coefficient (Wildman–Crippen LogP) is 4.23. The molecule has 2 aromatic carbocycles. The van der Waals surface area contributed by atoms with Crippen LogP contribution in [0.3, 0.4) is 0 Å². The molecule has 3 aromatic rings. The Bertz CT molecular complexity index is 1020. The molecule has 1 aromatic heterocycles. The van der Waals surface area contributed by atoms with Gasteiger partial charge in [0.2, 0.25) is 11.8 Å². The van der Waals surface area contributed by atoms with Crippen LogP contribution in [0.1, 0.15) is 30.9 Å². The van der Waals surface area contributed by atoms with E-state index in [1.165, 1.54) is 18.3 Å². The molecule has 1 aliphatic rings. The Morgan fingerprint density at radius 2 is 1.92 bits per heavy atom. The number of carbonyl (C=O) groups excluding carboxylic acids is 2. The number of amides is 2. The highest BCUT2D eigenvalue weighted by molar-refractivity contribution is 7.22. The van der Waals surface area contributed by atoms with Gasteiger partial charge in [-0.05, 0) is 43.5 Å². The van der Waals surface area contributed by atoms with E-state index in [0.717, 1.165) is 39.9 Å². The average Bonchev–Trinajstić information content (AvgIpc) is 3.30. The Kier molecular flexibility index (Phi) is 4.00.